The quantitative estimate of drug-likeness (QED) is 0.884. The van der Waals surface area contributed by atoms with E-state index >= 15 is 0 Å². The summed E-state index contributed by atoms with van der Waals surface area (Å²) in [5, 5.41) is 3.33. The third kappa shape index (κ3) is 4.40. The lowest BCUT2D eigenvalue weighted by molar-refractivity contribution is -0.125. The van der Waals surface area contributed by atoms with Gasteiger partial charge in [-0.25, -0.2) is 0 Å². The molecule has 0 saturated carbocycles. The number of fused-ring (bicyclic) bond motifs is 1. The molecule has 1 aromatic carbocycles. The minimum Gasteiger partial charge on any atom is -0.486 e. The molecule has 1 aliphatic heterocycles. The maximum absolute atomic E-state index is 11.9. The zero-order chi connectivity index (χ0) is 14.7. The second-order valence-corrected chi connectivity index (χ2v) is 5.37. The van der Waals surface area contributed by atoms with Crippen LogP contribution in [0.5, 0.6) is 11.5 Å². The summed E-state index contributed by atoms with van der Waals surface area (Å²) in [4.78, 5) is 11.9. The fraction of sp³-hybridized carbons (Fsp3) is 0.500. The Morgan fingerprint density at radius 3 is 2.71 bits per heavy atom. The molecular formula is C14H20Cl2N2O3. The number of nitrogens with two attached hydrogens (primary N) is 1. The van der Waals surface area contributed by atoms with Gasteiger partial charge in [-0.1, -0.05) is 18.5 Å². The minimum absolute atomic E-state index is 0. The van der Waals surface area contributed by atoms with Crippen molar-refractivity contribution >= 4 is 29.9 Å². The van der Waals surface area contributed by atoms with E-state index in [1.54, 1.807) is 13.0 Å². The molecule has 0 aromatic heterocycles. The molecular weight excluding hydrogens is 315 g/mol. The molecule has 0 fully saturated rings. The molecule has 118 valence electrons. The first-order valence-electron chi connectivity index (χ1n) is 6.60. The van der Waals surface area contributed by atoms with Gasteiger partial charge in [-0.05, 0) is 24.6 Å². The van der Waals surface area contributed by atoms with Gasteiger partial charge in [-0.3, -0.25) is 4.79 Å². The minimum atomic E-state index is -0.234. The van der Waals surface area contributed by atoms with E-state index in [4.69, 9.17) is 26.8 Å². The van der Waals surface area contributed by atoms with Crippen LogP contribution in [0.2, 0.25) is 5.02 Å². The molecule has 1 aliphatic rings. The summed E-state index contributed by atoms with van der Waals surface area (Å²) >= 11 is 6.14. The smallest absolute Gasteiger partial charge is 0.224 e. The van der Waals surface area contributed by atoms with E-state index in [1.165, 1.54) is 0 Å². The Kier molecular flexibility index (Phi) is 6.58. The van der Waals surface area contributed by atoms with Gasteiger partial charge in [-0.15, -0.1) is 12.4 Å². The fourth-order valence-electron chi connectivity index (χ4n) is 1.86. The first-order chi connectivity index (χ1) is 9.49. The highest BCUT2D eigenvalue weighted by Gasteiger charge is 2.19. The molecule has 0 aliphatic carbocycles. The highest BCUT2D eigenvalue weighted by Crippen LogP contribution is 2.38. The molecule has 2 atom stereocenters. The Hall–Kier alpha value is -1.17. The van der Waals surface area contributed by atoms with Gasteiger partial charge in [0.15, 0.2) is 11.5 Å². The summed E-state index contributed by atoms with van der Waals surface area (Å²) in [6.07, 6.45) is 0. The number of carbonyl (C=O) groups excluding carboxylic acids is 1. The van der Waals surface area contributed by atoms with Gasteiger partial charge in [0.2, 0.25) is 5.91 Å². The molecule has 3 N–H and O–H groups in total. The van der Waals surface area contributed by atoms with Crippen LogP contribution in [0, 0.1) is 5.92 Å². The summed E-state index contributed by atoms with van der Waals surface area (Å²) in [6.45, 7) is 4.99. The first kappa shape index (κ1) is 17.9. The number of benzene rings is 1. The SMILES string of the molecule is CC(N)C(C)C(=O)NCc1cc(Cl)c2c(c1)OCCO2.Cl. The van der Waals surface area contributed by atoms with Gasteiger partial charge in [-0.2, -0.15) is 0 Å². The molecule has 0 radical (unpaired) electrons. The molecule has 2 unspecified atom stereocenters. The van der Waals surface area contributed by atoms with E-state index in [2.05, 4.69) is 5.32 Å². The van der Waals surface area contributed by atoms with Crippen molar-refractivity contribution in [1.82, 2.24) is 5.32 Å². The normalized spacial score (nSPS) is 15.6. The molecule has 2 rings (SSSR count). The molecule has 1 amide bonds. The molecule has 0 spiro atoms. The summed E-state index contributed by atoms with van der Waals surface area (Å²) in [7, 11) is 0. The van der Waals surface area contributed by atoms with Gasteiger partial charge in [0, 0.05) is 18.5 Å². The van der Waals surface area contributed by atoms with E-state index in [0.717, 1.165) is 5.56 Å². The van der Waals surface area contributed by atoms with Crippen LogP contribution < -0.4 is 20.5 Å². The van der Waals surface area contributed by atoms with Crippen LogP contribution in [-0.2, 0) is 11.3 Å². The number of ether oxygens (including phenoxy) is 2. The van der Waals surface area contributed by atoms with Crippen molar-refractivity contribution < 1.29 is 14.3 Å². The van der Waals surface area contributed by atoms with E-state index < -0.39 is 0 Å². The third-order valence-corrected chi connectivity index (χ3v) is 3.61. The zero-order valence-electron chi connectivity index (χ0n) is 12.0. The Balaban J connectivity index is 0.00000220. The predicted molar refractivity (Wildman–Crippen MR) is 84.4 cm³/mol. The summed E-state index contributed by atoms with van der Waals surface area (Å²) < 4.78 is 10.9. The van der Waals surface area contributed by atoms with E-state index in [-0.39, 0.29) is 30.3 Å². The average molecular weight is 335 g/mol. The lowest BCUT2D eigenvalue weighted by Crippen LogP contribution is -2.38. The summed E-state index contributed by atoms with van der Waals surface area (Å²) in [6, 6.07) is 3.42. The molecule has 0 saturated heterocycles. The maximum atomic E-state index is 11.9. The Bertz CT molecular complexity index is 509. The van der Waals surface area contributed by atoms with E-state index in [0.29, 0.717) is 36.3 Å². The number of rotatable bonds is 4. The molecule has 5 nitrogen and oxygen atoms in total. The van der Waals surface area contributed by atoms with Gasteiger partial charge in [0.25, 0.3) is 0 Å². The number of nitrogens with one attached hydrogen (secondary N) is 1. The van der Waals surface area contributed by atoms with Crippen LogP contribution in [0.3, 0.4) is 0 Å². The van der Waals surface area contributed by atoms with Crippen molar-refractivity contribution in [2.24, 2.45) is 11.7 Å². The largest absolute Gasteiger partial charge is 0.486 e. The van der Waals surface area contributed by atoms with Gasteiger partial charge in [0.1, 0.15) is 13.2 Å². The van der Waals surface area contributed by atoms with Crippen molar-refractivity contribution in [3.05, 3.63) is 22.7 Å². The van der Waals surface area contributed by atoms with Crippen LogP contribution in [0.1, 0.15) is 19.4 Å². The van der Waals surface area contributed by atoms with Crippen LogP contribution >= 0.6 is 24.0 Å². The fourth-order valence-corrected chi connectivity index (χ4v) is 2.14. The highest BCUT2D eigenvalue weighted by molar-refractivity contribution is 6.32. The zero-order valence-corrected chi connectivity index (χ0v) is 13.6. The lowest BCUT2D eigenvalue weighted by atomic mass is 10.0. The second-order valence-electron chi connectivity index (χ2n) is 4.97. The maximum Gasteiger partial charge on any atom is 0.224 e. The van der Waals surface area contributed by atoms with Crippen molar-refractivity contribution in [1.29, 1.82) is 0 Å². The topological polar surface area (TPSA) is 73.6 Å². The van der Waals surface area contributed by atoms with E-state index in [1.807, 2.05) is 13.0 Å². The van der Waals surface area contributed by atoms with Crippen LogP contribution in [0.25, 0.3) is 0 Å². The molecule has 7 heteroatoms. The highest BCUT2D eigenvalue weighted by atomic mass is 35.5. The molecule has 1 heterocycles. The molecule has 21 heavy (non-hydrogen) atoms. The third-order valence-electron chi connectivity index (χ3n) is 3.33. The van der Waals surface area contributed by atoms with Crippen LogP contribution in [0.15, 0.2) is 12.1 Å². The monoisotopic (exact) mass is 334 g/mol. The molecule has 0 bridgehead atoms. The van der Waals surface area contributed by atoms with Crippen molar-refractivity contribution in [2.75, 3.05) is 13.2 Å². The number of halogens is 2. The standard InChI is InChI=1S/C14H19ClN2O3.ClH/c1-8(9(2)16)14(18)17-7-10-5-11(15)13-12(6-10)19-3-4-20-13;/h5-6,8-9H,3-4,7,16H2,1-2H3,(H,17,18);1H. The van der Waals surface area contributed by atoms with Gasteiger partial charge in [0.05, 0.1) is 5.02 Å². The van der Waals surface area contributed by atoms with Crippen molar-refractivity contribution in [2.45, 2.75) is 26.4 Å². The van der Waals surface area contributed by atoms with Crippen molar-refractivity contribution in [3.8, 4) is 11.5 Å². The number of amides is 1. The predicted octanol–water partition coefficient (Wildman–Crippen LogP) is 2.13. The summed E-state index contributed by atoms with van der Waals surface area (Å²) in [5.74, 6) is 0.874. The average Bonchev–Trinajstić information content (AvgIpc) is 2.44. The number of carbonyl (C=O) groups is 1. The van der Waals surface area contributed by atoms with Crippen LogP contribution in [-0.4, -0.2) is 25.2 Å². The van der Waals surface area contributed by atoms with Crippen LogP contribution in [0.4, 0.5) is 0 Å². The lowest BCUT2D eigenvalue weighted by Gasteiger charge is -2.21. The number of hydrogen-bond donors (Lipinski definition) is 2. The number of hydrogen-bond acceptors (Lipinski definition) is 4. The van der Waals surface area contributed by atoms with E-state index in [9.17, 15) is 4.79 Å². The second kappa shape index (κ2) is 7.73. The van der Waals surface area contributed by atoms with Gasteiger partial charge < -0.3 is 20.5 Å². The summed E-state index contributed by atoms with van der Waals surface area (Å²) in [5.41, 5.74) is 6.57. The van der Waals surface area contributed by atoms with Crippen molar-refractivity contribution in [3.63, 3.8) is 0 Å². The molecule has 1 aromatic rings. The Morgan fingerprint density at radius 1 is 1.38 bits per heavy atom. The first-order valence-corrected chi connectivity index (χ1v) is 6.98. The Morgan fingerprint density at radius 2 is 2.05 bits per heavy atom. The van der Waals surface area contributed by atoms with Gasteiger partial charge >= 0.3 is 0 Å². The Labute approximate surface area is 135 Å².